The van der Waals surface area contributed by atoms with Crippen molar-refractivity contribution in [2.45, 2.75) is 5.16 Å². The molecular formula is C25H18F2N6OS. The lowest BCUT2D eigenvalue weighted by Crippen LogP contribution is -2.14. The second kappa shape index (κ2) is 9.90. The summed E-state index contributed by atoms with van der Waals surface area (Å²) in [5.74, 6) is -0.827. The topological polar surface area (TPSA) is 77.6 Å². The molecule has 0 radical (unpaired) electrons. The van der Waals surface area contributed by atoms with Crippen LogP contribution in [-0.4, -0.2) is 36.0 Å². The Balaban J connectivity index is 1.38. The molecule has 2 aromatic heterocycles. The predicted molar refractivity (Wildman–Crippen MR) is 130 cm³/mol. The molecule has 0 aliphatic rings. The van der Waals surface area contributed by atoms with Crippen LogP contribution in [0.3, 0.4) is 0 Å². The molecule has 0 aliphatic heterocycles. The van der Waals surface area contributed by atoms with Crippen molar-refractivity contribution in [3.8, 4) is 22.8 Å². The Labute approximate surface area is 203 Å². The van der Waals surface area contributed by atoms with Gasteiger partial charge in [-0.05, 0) is 54.6 Å². The number of thioether (sulfide) groups is 1. The number of anilines is 1. The van der Waals surface area contributed by atoms with Crippen molar-refractivity contribution in [3.63, 3.8) is 0 Å². The molecular weight excluding hydrogens is 470 g/mol. The van der Waals surface area contributed by atoms with Gasteiger partial charge in [0.25, 0.3) is 0 Å². The van der Waals surface area contributed by atoms with Crippen molar-refractivity contribution in [1.29, 1.82) is 0 Å². The highest BCUT2D eigenvalue weighted by Gasteiger charge is 2.19. The van der Waals surface area contributed by atoms with E-state index in [0.29, 0.717) is 16.5 Å². The third kappa shape index (κ3) is 4.97. The van der Waals surface area contributed by atoms with E-state index in [2.05, 4.69) is 20.5 Å². The zero-order chi connectivity index (χ0) is 24.2. The number of carbonyl (C=O) groups is 1. The van der Waals surface area contributed by atoms with Crippen LogP contribution >= 0.6 is 11.8 Å². The van der Waals surface area contributed by atoms with Gasteiger partial charge < -0.3 is 9.88 Å². The third-order valence-electron chi connectivity index (χ3n) is 5.10. The van der Waals surface area contributed by atoms with Crippen molar-refractivity contribution in [1.82, 2.24) is 24.3 Å². The van der Waals surface area contributed by atoms with E-state index < -0.39 is 11.6 Å². The lowest BCUT2D eigenvalue weighted by atomic mass is 10.2. The molecule has 0 atom stereocenters. The van der Waals surface area contributed by atoms with E-state index in [0.717, 1.165) is 17.4 Å². The normalized spacial score (nSPS) is 10.9. The van der Waals surface area contributed by atoms with Gasteiger partial charge in [0.2, 0.25) is 5.91 Å². The molecule has 0 bridgehead atoms. The van der Waals surface area contributed by atoms with Crippen LogP contribution in [0.25, 0.3) is 22.8 Å². The molecule has 174 valence electrons. The van der Waals surface area contributed by atoms with E-state index in [1.165, 1.54) is 18.2 Å². The monoisotopic (exact) mass is 488 g/mol. The van der Waals surface area contributed by atoms with Crippen LogP contribution < -0.4 is 5.32 Å². The number of nitrogens with one attached hydrogen (secondary N) is 1. The number of amides is 1. The Hall–Kier alpha value is -4.31. The number of rotatable bonds is 7. The van der Waals surface area contributed by atoms with Crippen LogP contribution in [0.5, 0.6) is 0 Å². The highest BCUT2D eigenvalue weighted by Crippen LogP contribution is 2.29. The fraction of sp³-hybridized carbons (Fsp3) is 0.0400. The van der Waals surface area contributed by atoms with Gasteiger partial charge in [-0.15, -0.1) is 10.2 Å². The standard InChI is InChI=1S/C25H18F2N6OS/c26-17-8-10-19(11-9-17)33-24(21-6-1-2-7-22(21)27)30-31-25(33)35-15-23(34)29-18-4-3-5-20(14-18)32-13-12-28-16-32/h1-14,16H,15H2,(H,29,34). The number of hydrogen-bond acceptors (Lipinski definition) is 5. The van der Waals surface area contributed by atoms with Gasteiger partial charge in [-0.25, -0.2) is 13.8 Å². The zero-order valence-electron chi connectivity index (χ0n) is 18.2. The van der Waals surface area contributed by atoms with Crippen LogP contribution in [-0.2, 0) is 4.79 Å². The molecule has 0 saturated heterocycles. The summed E-state index contributed by atoms with van der Waals surface area (Å²) in [6, 6.07) is 19.3. The molecule has 7 nitrogen and oxygen atoms in total. The molecule has 2 heterocycles. The largest absolute Gasteiger partial charge is 0.325 e. The number of imidazole rings is 1. The SMILES string of the molecule is O=C(CSc1nnc(-c2ccccc2F)n1-c1ccc(F)cc1)Nc1cccc(-n2ccnc2)c1. The Morgan fingerprint density at radius 1 is 0.943 bits per heavy atom. The maximum atomic E-state index is 14.5. The van der Waals surface area contributed by atoms with E-state index in [1.54, 1.807) is 53.5 Å². The molecule has 1 N–H and O–H groups in total. The molecule has 0 aliphatic carbocycles. The smallest absolute Gasteiger partial charge is 0.234 e. The molecule has 0 saturated carbocycles. The Kier molecular flexibility index (Phi) is 6.36. The van der Waals surface area contributed by atoms with Gasteiger partial charge >= 0.3 is 0 Å². The van der Waals surface area contributed by atoms with Gasteiger partial charge in [0.05, 0.1) is 17.6 Å². The maximum Gasteiger partial charge on any atom is 0.234 e. The Morgan fingerprint density at radius 3 is 2.54 bits per heavy atom. The maximum absolute atomic E-state index is 14.5. The van der Waals surface area contributed by atoms with Gasteiger partial charge in [-0.2, -0.15) is 0 Å². The van der Waals surface area contributed by atoms with Crippen molar-refractivity contribution in [3.05, 3.63) is 103 Å². The minimum Gasteiger partial charge on any atom is -0.325 e. The van der Waals surface area contributed by atoms with Gasteiger partial charge in [0, 0.05) is 29.5 Å². The first-order valence-electron chi connectivity index (χ1n) is 10.6. The summed E-state index contributed by atoms with van der Waals surface area (Å²) in [4.78, 5) is 16.7. The van der Waals surface area contributed by atoms with Gasteiger partial charge in [-0.3, -0.25) is 9.36 Å². The summed E-state index contributed by atoms with van der Waals surface area (Å²) < 4.78 is 31.5. The lowest BCUT2D eigenvalue weighted by Gasteiger charge is -2.11. The summed E-state index contributed by atoms with van der Waals surface area (Å²) in [6.07, 6.45) is 5.16. The molecule has 0 fully saturated rings. The van der Waals surface area contributed by atoms with Crippen LogP contribution in [0.15, 0.2) is 96.7 Å². The minimum atomic E-state index is -0.463. The first-order valence-corrected chi connectivity index (χ1v) is 11.5. The second-order valence-electron chi connectivity index (χ2n) is 7.45. The summed E-state index contributed by atoms with van der Waals surface area (Å²) in [7, 11) is 0. The van der Waals surface area contributed by atoms with Crippen LogP contribution in [0.1, 0.15) is 0 Å². The summed E-state index contributed by atoms with van der Waals surface area (Å²) >= 11 is 1.14. The van der Waals surface area contributed by atoms with E-state index in [4.69, 9.17) is 0 Å². The van der Waals surface area contributed by atoms with Crippen molar-refractivity contribution >= 4 is 23.4 Å². The highest BCUT2D eigenvalue weighted by molar-refractivity contribution is 7.99. The number of hydrogen-bond donors (Lipinski definition) is 1. The third-order valence-corrected chi connectivity index (χ3v) is 6.03. The van der Waals surface area contributed by atoms with Crippen LogP contribution in [0, 0.1) is 11.6 Å². The average Bonchev–Trinajstić information content (AvgIpc) is 3.55. The number of carbonyl (C=O) groups excluding carboxylic acids is 1. The van der Waals surface area contributed by atoms with E-state index in [9.17, 15) is 13.6 Å². The van der Waals surface area contributed by atoms with Crippen molar-refractivity contribution in [2.24, 2.45) is 0 Å². The lowest BCUT2D eigenvalue weighted by molar-refractivity contribution is -0.113. The number of aromatic nitrogens is 5. The first-order chi connectivity index (χ1) is 17.1. The fourth-order valence-electron chi connectivity index (χ4n) is 3.49. The Bertz CT molecular complexity index is 1470. The molecule has 5 aromatic rings. The summed E-state index contributed by atoms with van der Waals surface area (Å²) in [5.41, 5.74) is 2.29. The zero-order valence-corrected chi connectivity index (χ0v) is 19.0. The molecule has 0 spiro atoms. The van der Waals surface area contributed by atoms with E-state index in [-0.39, 0.29) is 23.0 Å². The quantitative estimate of drug-likeness (QED) is 0.322. The number of benzene rings is 3. The summed E-state index contributed by atoms with van der Waals surface area (Å²) in [5, 5.41) is 11.6. The highest BCUT2D eigenvalue weighted by atomic mass is 32.2. The molecule has 35 heavy (non-hydrogen) atoms. The van der Waals surface area contributed by atoms with Crippen LogP contribution in [0.2, 0.25) is 0 Å². The van der Waals surface area contributed by atoms with Crippen molar-refractivity contribution < 1.29 is 13.6 Å². The number of nitrogens with zero attached hydrogens (tertiary/aromatic N) is 5. The minimum absolute atomic E-state index is 0.0336. The predicted octanol–water partition coefficient (Wildman–Crippen LogP) is 5.13. The molecule has 3 aromatic carbocycles. The second-order valence-corrected chi connectivity index (χ2v) is 8.40. The Morgan fingerprint density at radius 2 is 1.77 bits per heavy atom. The molecule has 0 unspecified atom stereocenters. The average molecular weight is 489 g/mol. The van der Waals surface area contributed by atoms with Gasteiger partial charge in [0.1, 0.15) is 11.6 Å². The number of halogens is 2. The fourth-order valence-corrected chi connectivity index (χ4v) is 4.24. The van der Waals surface area contributed by atoms with Crippen molar-refractivity contribution in [2.75, 3.05) is 11.1 Å². The van der Waals surface area contributed by atoms with E-state index in [1.807, 2.05) is 29.0 Å². The molecule has 1 amide bonds. The van der Waals surface area contributed by atoms with Gasteiger partial charge in [0.15, 0.2) is 11.0 Å². The van der Waals surface area contributed by atoms with Gasteiger partial charge in [-0.1, -0.05) is 30.0 Å². The summed E-state index contributed by atoms with van der Waals surface area (Å²) in [6.45, 7) is 0. The van der Waals surface area contributed by atoms with E-state index >= 15 is 0 Å². The molecule has 10 heteroatoms. The molecule has 5 rings (SSSR count). The van der Waals surface area contributed by atoms with Crippen LogP contribution in [0.4, 0.5) is 14.5 Å². The first kappa shape index (κ1) is 22.5.